The third-order valence-electron chi connectivity index (χ3n) is 5.22. The zero-order valence-electron chi connectivity index (χ0n) is 17.6. The molecular weight excluding hydrogens is 348 g/mol. The molecule has 3 aromatic rings. The maximum atomic E-state index is 4.18. The summed E-state index contributed by atoms with van der Waals surface area (Å²) in [6, 6.07) is 21.9. The van der Waals surface area contributed by atoms with E-state index in [4.69, 9.17) is 0 Å². The fraction of sp³-hybridized carbons (Fsp3) is 0.172. The van der Waals surface area contributed by atoms with Crippen LogP contribution in [0.25, 0.3) is 29.9 Å². The van der Waals surface area contributed by atoms with Crippen LogP contribution in [-0.2, 0) is 12.8 Å². The van der Waals surface area contributed by atoms with E-state index >= 15 is 0 Å². The first-order valence-corrected chi connectivity index (χ1v) is 10.3. The van der Waals surface area contributed by atoms with E-state index in [2.05, 4.69) is 88.2 Å². The quantitative estimate of drug-likeness (QED) is 0.462. The predicted molar refractivity (Wildman–Crippen MR) is 129 cm³/mol. The Kier molecular flexibility index (Phi) is 6.67. The third-order valence-corrected chi connectivity index (χ3v) is 5.22. The predicted octanol–water partition coefficient (Wildman–Crippen LogP) is 6.16. The van der Waals surface area contributed by atoms with Crippen LogP contribution in [0.5, 0.6) is 0 Å². The van der Waals surface area contributed by atoms with Crippen LogP contribution in [-0.4, -0.2) is 0 Å². The van der Waals surface area contributed by atoms with Crippen molar-refractivity contribution in [3.63, 3.8) is 0 Å². The molecule has 0 aromatic heterocycles. The third kappa shape index (κ3) is 5.03. The van der Waals surface area contributed by atoms with Crippen molar-refractivity contribution in [2.24, 2.45) is 5.92 Å². The second-order valence-electron chi connectivity index (χ2n) is 7.99. The van der Waals surface area contributed by atoms with Gasteiger partial charge in [0.05, 0.1) is 0 Å². The Labute approximate surface area is 175 Å². The van der Waals surface area contributed by atoms with Crippen molar-refractivity contribution in [2.45, 2.75) is 26.7 Å². The summed E-state index contributed by atoms with van der Waals surface area (Å²) in [6.07, 6.45) is 7.76. The lowest BCUT2D eigenvalue weighted by Gasteiger charge is -2.12. The first-order chi connectivity index (χ1) is 14.0. The van der Waals surface area contributed by atoms with Gasteiger partial charge in [-0.05, 0) is 62.6 Å². The molecule has 0 spiro atoms. The highest BCUT2D eigenvalue weighted by atomic mass is 14.1. The van der Waals surface area contributed by atoms with Gasteiger partial charge in [-0.2, -0.15) is 0 Å². The zero-order valence-corrected chi connectivity index (χ0v) is 17.6. The number of hydrogen-bond acceptors (Lipinski definition) is 0. The molecule has 0 amide bonds. The molecule has 0 aliphatic heterocycles. The van der Waals surface area contributed by atoms with Crippen molar-refractivity contribution in [3.8, 4) is 11.1 Å². The van der Waals surface area contributed by atoms with Crippen molar-refractivity contribution in [2.75, 3.05) is 0 Å². The smallest absolute Gasteiger partial charge is 0.00135 e. The molecule has 0 saturated heterocycles. The number of benzene rings is 3. The highest BCUT2D eigenvalue weighted by Crippen LogP contribution is 2.26. The topological polar surface area (TPSA) is 0 Å². The van der Waals surface area contributed by atoms with Gasteiger partial charge in [0.1, 0.15) is 0 Å². The molecule has 0 bridgehead atoms. The van der Waals surface area contributed by atoms with E-state index in [-0.39, 0.29) is 0 Å². The average Bonchev–Trinajstić information content (AvgIpc) is 2.70. The summed E-state index contributed by atoms with van der Waals surface area (Å²) in [4.78, 5) is 0. The Balaban J connectivity index is 2.05. The van der Waals surface area contributed by atoms with Gasteiger partial charge in [0.15, 0.2) is 0 Å². The Morgan fingerprint density at radius 3 is 2.34 bits per heavy atom. The van der Waals surface area contributed by atoms with Crippen molar-refractivity contribution in [3.05, 3.63) is 113 Å². The molecule has 3 aromatic carbocycles. The van der Waals surface area contributed by atoms with E-state index in [0.717, 1.165) is 23.3 Å². The summed E-state index contributed by atoms with van der Waals surface area (Å²) in [5.41, 5.74) is 7.60. The van der Waals surface area contributed by atoms with Crippen LogP contribution in [0.2, 0.25) is 0 Å². The van der Waals surface area contributed by atoms with Crippen molar-refractivity contribution >= 4 is 18.7 Å². The zero-order chi connectivity index (χ0) is 20.8. The van der Waals surface area contributed by atoms with Crippen LogP contribution in [0.1, 0.15) is 36.1 Å². The standard InChI is InChI=1S/C29H30/c1-6-10-29-22(5)11-8-14-27(29)20-28-19-26(16-15-24(28)7-2)25-13-9-12-23(18-25)17-21(3)4/h6-16,18-19,21H,1-2,5,17,20H2,3-4H3/b29-10+. The molecule has 0 heteroatoms. The van der Waals surface area contributed by atoms with E-state index in [9.17, 15) is 0 Å². The van der Waals surface area contributed by atoms with E-state index in [1.165, 1.54) is 33.4 Å². The first-order valence-electron chi connectivity index (χ1n) is 10.3. The van der Waals surface area contributed by atoms with Gasteiger partial charge in [0, 0.05) is 0 Å². The lowest BCUT2D eigenvalue weighted by atomic mass is 9.92. The summed E-state index contributed by atoms with van der Waals surface area (Å²) in [5, 5.41) is 2.18. The van der Waals surface area contributed by atoms with E-state index < -0.39 is 0 Å². The summed E-state index contributed by atoms with van der Waals surface area (Å²) in [7, 11) is 0. The van der Waals surface area contributed by atoms with Crippen LogP contribution in [0.3, 0.4) is 0 Å². The van der Waals surface area contributed by atoms with Gasteiger partial charge in [-0.1, -0.05) is 112 Å². The van der Waals surface area contributed by atoms with Gasteiger partial charge in [-0.3, -0.25) is 0 Å². The molecule has 0 unspecified atom stereocenters. The summed E-state index contributed by atoms with van der Waals surface area (Å²) in [6.45, 7) is 16.6. The minimum absolute atomic E-state index is 0.651. The van der Waals surface area contributed by atoms with Crippen LogP contribution in [0, 0.1) is 5.92 Å². The Morgan fingerprint density at radius 2 is 1.62 bits per heavy atom. The summed E-state index contributed by atoms with van der Waals surface area (Å²) >= 11 is 0. The maximum absolute atomic E-state index is 4.18. The monoisotopic (exact) mass is 378 g/mol. The maximum Gasteiger partial charge on any atom is -0.00135 e. The van der Waals surface area contributed by atoms with Crippen LogP contribution in [0.4, 0.5) is 0 Å². The Hall–Kier alpha value is -3.12. The molecule has 0 heterocycles. The molecule has 3 rings (SSSR count). The molecule has 0 N–H and O–H groups in total. The Bertz CT molecular complexity index is 1130. The lowest BCUT2D eigenvalue weighted by Crippen LogP contribution is -2.27. The van der Waals surface area contributed by atoms with Gasteiger partial charge in [0.25, 0.3) is 0 Å². The van der Waals surface area contributed by atoms with Crippen LogP contribution < -0.4 is 10.4 Å². The Morgan fingerprint density at radius 1 is 0.862 bits per heavy atom. The highest BCUT2D eigenvalue weighted by molar-refractivity contribution is 5.68. The fourth-order valence-electron chi connectivity index (χ4n) is 3.84. The molecular formula is C29H30. The van der Waals surface area contributed by atoms with Gasteiger partial charge in [0.2, 0.25) is 0 Å². The SMILES string of the molecule is C=C/C=c1/c(Cc2cc(-c3cccc(CC(C)C)c3)ccc2C=C)cccc1=C. The van der Waals surface area contributed by atoms with Crippen LogP contribution in [0.15, 0.2) is 79.9 Å². The normalized spacial score (nSPS) is 11.6. The highest BCUT2D eigenvalue weighted by Gasteiger charge is 2.07. The molecule has 0 saturated carbocycles. The van der Waals surface area contributed by atoms with Gasteiger partial charge in [-0.25, -0.2) is 0 Å². The molecule has 0 radical (unpaired) electrons. The summed E-state index contributed by atoms with van der Waals surface area (Å²) in [5.74, 6) is 0.651. The van der Waals surface area contributed by atoms with Gasteiger partial charge in [-0.15, -0.1) is 0 Å². The van der Waals surface area contributed by atoms with Gasteiger partial charge >= 0.3 is 0 Å². The minimum Gasteiger partial charge on any atom is -0.0990 e. The summed E-state index contributed by atoms with van der Waals surface area (Å²) < 4.78 is 0. The molecule has 0 atom stereocenters. The first kappa shape index (κ1) is 20.6. The molecule has 0 fully saturated rings. The second-order valence-corrected chi connectivity index (χ2v) is 7.99. The number of hydrogen-bond donors (Lipinski definition) is 0. The average molecular weight is 379 g/mol. The van der Waals surface area contributed by atoms with E-state index in [1.54, 1.807) is 0 Å². The second kappa shape index (κ2) is 9.39. The number of rotatable bonds is 7. The van der Waals surface area contributed by atoms with E-state index in [1.807, 2.05) is 24.3 Å². The fourth-order valence-corrected chi connectivity index (χ4v) is 3.84. The van der Waals surface area contributed by atoms with Crippen molar-refractivity contribution in [1.29, 1.82) is 0 Å². The molecule has 0 aliphatic rings. The van der Waals surface area contributed by atoms with Crippen LogP contribution >= 0.6 is 0 Å². The molecule has 0 nitrogen and oxygen atoms in total. The lowest BCUT2D eigenvalue weighted by molar-refractivity contribution is 0.647. The largest absolute Gasteiger partial charge is 0.0990 e. The minimum atomic E-state index is 0.651. The molecule has 0 aliphatic carbocycles. The van der Waals surface area contributed by atoms with Gasteiger partial charge < -0.3 is 0 Å². The molecule has 29 heavy (non-hydrogen) atoms. The van der Waals surface area contributed by atoms with E-state index in [0.29, 0.717) is 5.92 Å². The van der Waals surface area contributed by atoms with Crippen molar-refractivity contribution < 1.29 is 0 Å². The van der Waals surface area contributed by atoms with Crippen molar-refractivity contribution in [1.82, 2.24) is 0 Å². The number of allylic oxidation sites excluding steroid dienone is 1. The molecule has 146 valence electrons.